The number of likely N-dealkylation sites (tertiary alicyclic amines) is 1. The van der Waals surface area contributed by atoms with Gasteiger partial charge in [-0.2, -0.15) is 0 Å². The summed E-state index contributed by atoms with van der Waals surface area (Å²) in [7, 11) is 0. The lowest BCUT2D eigenvalue weighted by Gasteiger charge is -2.24. The van der Waals surface area contributed by atoms with Gasteiger partial charge >= 0.3 is 0 Å². The van der Waals surface area contributed by atoms with Crippen molar-refractivity contribution in [2.75, 3.05) is 25.0 Å². The van der Waals surface area contributed by atoms with Crippen LogP contribution in [0.2, 0.25) is 0 Å². The van der Waals surface area contributed by atoms with Crippen LogP contribution in [0, 0.1) is 0 Å². The van der Waals surface area contributed by atoms with Crippen molar-refractivity contribution >= 4 is 5.82 Å². The number of aryl methyl sites for hydroxylation is 1. The quantitative estimate of drug-likeness (QED) is 0.825. The van der Waals surface area contributed by atoms with E-state index in [1.165, 1.54) is 32.0 Å². The van der Waals surface area contributed by atoms with Crippen LogP contribution in [0.25, 0.3) is 0 Å². The summed E-state index contributed by atoms with van der Waals surface area (Å²) in [5.74, 6) is 1.42. The lowest BCUT2D eigenvalue weighted by molar-refractivity contribution is 0.269. The molecule has 1 atom stereocenters. The molecule has 0 spiro atoms. The van der Waals surface area contributed by atoms with Crippen molar-refractivity contribution in [3.63, 3.8) is 0 Å². The minimum absolute atomic E-state index is 0.0850. The monoisotopic (exact) mass is 250 g/mol. The first-order chi connectivity index (χ1) is 8.69. The summed E-state index contributed by atoms with van der Waals surface area (Å²) in [6.45, 7) is 7.40. The van der Waals surface area contributed by atoms with Crippen molar-refractivity contribution in [3.8, 4) is 0 Å². The molecule has 0 aliphatic carbocycles. The van der Waals surface area contributed by atoms with Gasteiger partial charge in [0.2, 0.25) is 0 Å². The van der Waals surface area contributed by atoms with Gasteiger partial charge in [-0.1, -0.05) is 6.92 Å². The molecular formula is C13H22N4O. The number of H-pyrrole nitrogens is 1. The number of rotatable bonds is 5. The second kappa shape index (κ2) is 6.00. The van der Waals surface area contributed by atoms with Crippen molar-refractivity contribution in [1.29, 1.82) is 0 Å². The highest BCUT2D eigenvalue weighted by Gasteiger charge is 2.17. The van der Waals surface area contributed by atoms with E-state index in [-0.39, 0.29) is 5.56 Å². The Kier molecular flexibility index (Phi) is 4.36. The second-order valence-electron chi connectivity index (χ2n) is 4.90. The highest BCUT2D eigenvalue weighted by molar-refractivity contribution is 5.33. The summed E-state index contributed by atoms with van der Waals surface area (Å²) in [5, 5.41) is 3.26. The number of nitrogens with one attached hydrogen (secondary N) is 2. The molecule has 1 aromatic heterocycles. The number of nitrogens with zero attached hydrogens (tertiary/aromatic N) is 2. The zero-order valence-corrected chi connectivity index (χ0v) is 11.2. The SMILES string of the molecule is CCc1nc(NCC(C)N2CCCC2)cc(=O)[nH]1. The maximum absolute atomic E-state index is 11.4. The van der Waals surface area contributed by atoms with Gasteiger partial charge in [-0.3, -0.25) is 9.69 Å². The van der Waals surface area contributed by atoms with Crippen LogP contribution < -0.4 is 10.9 Å². The minimum atomic E-state index is -0.0850. The molecular weight excluding hydrogens is 228 g/mol. The zero-order valence-electron chi connectivity index (χ0n) is 11.2. The molecule has 0 amide bonds. The smallest absolute Gasteiger partial charge is 0.252 e. The van der Waals surface area contributed by atoms with Crippen LogP contribution in [-0.2, 0) is 6.42 Å². The molecule has 5 heteroatoms. The molecule has 2 heterocycles. The average molecular weight is 250 g/mol. The fraction of sp³-hybridized carbons (Fsp3) is 0.692. The van der Waals surface area contributed by atoms with E-state index >= 15 is 0 Å². The van der Waals surface area contributed by atoms with Crippen LogP contribution in [0.5, 0.6) is 0 Å². The molecule has 1 aliphatic rings. The number of hydrogen-bond acceptors (Lipinski definition) is 4. The van der Waals surface area contributed by atoms with Gasteiger partial charge in [-0.25, -0.2) is 4.98 Å². The van der Waals surface area contributed by atoms with Gasteiger partial charge in [-0.05, 0) is 32.9 Å². The lowest BCUT2D eigenvalue weighted by Crippen LogP contribution is -2.35. The Morgan fingerprint density at radius 1 is 1.50 bits per heavy atom. The number of anilines is 1. The molecule has 1 aliphatic heterocycles. The fourth-order valence-electron chi connectivity index (χ4n) is 2.33. The molecule has 100 valence electrons. The van der Waals surface area contributed by atoms with E-state index in [0.717, 1.165) is 18.8 Å². The number of hydrogen-bond donors (Lipinski definition) is 2. The van der Waals surface area contributed by atoms with Crippen LogP contribution in [0.4, 0.5) is 5.82 Å². The Labute approximate surface area is 108 Å². The Hall–Kier alpha value is -1.36. The maximum Gasteiger partial charge on any atom is 0.252 e. The van der Waals surface area contributed by atoms with E-state index < -0.39 is 0 Å². The minimum Gasteiger partial charge on any atom is -0.368 e. The summed E-state index contributed by atoms with van der Waals surface area (Å²) < 4.78 is 0. The number of aromatic amines is 1. The molecule has 18 heavy (non-hydrogen) atoms. The van der Waals surface area contributed by atoms with E-state index in [0.29, 0.717) is 11.9 Å². The standard InChI is InChI=1S/C13H22N4O/c1-3-11-15-12(8-13(18)16-11)14-9-10(2)17-6-4-5-7-17/h8,10H,3-7,9H2,1-2H3,(H2,14,15,16,18). The van der Waals surface area contributed by atoms with Crippen molar-refractivity contribution in [2.24, 2.45) is 0 Å². The van der Waals surface area contributed by atoms with Crippen LogP contribution >= 0.6 is 0 Å². The van der Waals surface area contributed by atoms with Crippen LogP contribution in [0.3, 0.4) is 0 Å². The topological polar surface area (TPSA) is 61.0 Å². The predicted octanol–water partition coefficient (Wildman–Crippen LogP) is 1.23. The molecule has 2 rings (SSSR count). The van der Waals surface area contributed by atoms with Crippen LogP contribution in [0.15, 0.2) is 10.9 Å². The summed E-state index contributed by atoms with van der Waals surface area (Å²) >= 11 is 0. The van der Waals surface area contributed by atoms with Gasteiger partial charge < -0.3 is 10.3 Å². The average Bonchev–Trinajstić information content (AvgIpc) is 2.89. The van der Waals surface area contributed by atoms with E-state index in [2.05, 4.69) is 27.1 Å². The molecule has 0 bridgehead atoms. The Morgan fingerprint density at radius 2 is 2.22 bits per heavy atom. The largest absolute Gasteiger partial charge is 0.368 e. The summed E-state index contributed by atoms with van der Waals surface area (Å²) in [5.41, 5.74) is -0.0850. The first-order valence-electron chi connectivity index (χ1n) is 6.77. The first kappa shape index (κ1) is 13.1. The molecule has 0 radical (unpaired) electrons. The van der Waals surface area contributed by atoms with Gasteiger partial charge in [-0.15, -0.1) is 0 Å². The normalized spacial score (nSPS) is 17.9. The van der Waals surface area contributed by atoms with Gasteiger partial charge in [0, 0.05) is 25.1 Å². The van der Waals surface area contributed by atoms with Gasteiger partial charge in [0.25, 0.3) is 5.56 Å². The van der Waals surface area contributed by atoms with Crippen molar-refractivity contribution in [2.45, 2.75) is 39.2 Å². The fourth-order valence-corrected chi connectivity index (χ4v) is 2.33. The van der Waals surface area contributed by atoms with E-state index in [4.69, 9.17) is 0 Å². The highest BCUT2D eigenvalue weighted by Crippen LogP contribution is 2.11. The van der Waals surface area contributed by atoms with Gasteiger partial charge in [0.15, 0.2) is 0 Å². The third-order valence-corrected chi connectivity index (χ3v) is 3.47. The maximum atomic E-state index is 11.4. The van der Waals surface area contributed by atoms with Crippen LogP contribution in [-0.4, -0.2) is 40.5 Å². The molecule has 2 N–H and O–H groups in total. The van der Waals surface area contributed by atoms with Crippen molar-refractivity contribution < 1.29 is 0 Å². The molecule has 1 saturated heterocycles. The highest BCUT2D eigenvalue weighted by atomic mass is 16.1. The predicted molar refractivity (Wildman–Crippen MR) is 73.0 cm³/mol. The Morgan fingerprint density at radius 3 is 2.89 bits per heavy atom. The Bertz CT molecular complexity index is 437. The molecule has 0 aromatic carbocycles. The summed E-state index contributed by atoms with van der Waals surface area (Å²) in [6, 6.07) is 2.01. The first-order valence-corrected chi connectivity index (χ1v) is 6.77. The van der Waals surface area contributed by atoms with Crippen molar-refractivity contribution in [1.82, 2.24) is 14.9 Å². The van der Waals surface area contributed by atoms with E-state index in [9.17, 15) is 4.79 Å². The summed E-state index contributed by atoms with van der Waals surface area (Å²) in [6.07, 6.45) is 3.34. The molecule has 1 unspecified atom stereocenters. The molecule has 5 nitrogen and oxygen atoms in total. The van der Waals surface area contributed by atoms with Crippen molar-refractivity contribution in [3.05, 3.63) is 22.2 Å². The molecule has 0 saturated carbocycles. The number of aromatic nitrogens is 2. The zero-order chi connectivity index (χ0) is 13.0. The summed E-state index contributed by atoms with van der Waals surface area (Å²) in [4.78, 5) is 21.0. The van der Waals surface area contributed by atoms with Gasteiger partial charge in [0.05, 0.1) is 0 Å². The van der Waals surface area contributed by atoms with Gasteiger partial charge in [0.1, 0.15) is 11.6 Å². The van der Waals surface area contributed by atoms with E-state index in [1.807, 2.05) is 6.92 Å². The van der Waals surface area contributed by atoms with E-state index in [1.54, 1.807) is 0 Å². The Balaban J connectivity index is 1.92. The second-order valence-corrected chi connectivity index (χ2v) is 4.90. The third kappa shape index (κ3) is 3.32. The molecule has 1 aromatic rings. The third-order valence-electron chi connectivity index (χ3n) is 3.47. The molecule has 1 fully saturated rings. The lowest BCUT2D eigenvalue weighted by atomic mass is 10.3. The van der Waals surface area contributed by atoms with Crippen LogP contribution in [0.1, 0.15) is 32.5 Å².